The number of carbonyl (C=O) groups is 2. The van der Waals surface area contributed by atoms with Gasteiger partial charge in [0.05, 0.1) is 18.6 Å². The minimum atomic E-state index is -0.529. The lowest BCUT2D eigenvalue weighted by Crippen LogP contribution is -2.51. The van der Waals surface area contributed by atoms with E-state index in [1.54, 1.807) is 23.1 Å². The number of carbonyl (C=O) groups excluding carboxylic acids is 2. The number of nitrogens with zero attached hydrogens (tertiary/aromatic N) is 2. The summed E-state index contributed by atoms with van der Waals surface area (Å²) in [6.45, 7) is 1.58. The molecule has 0 aromatic heterocycles. The van der Waals surface area contributed by atoms with Crippen LogP contribution in [0.15, 0.2) is 24.3 Å². The quantitative estimate of drug-likeness (QED) is 0.817. The summed E-state index contributed by atoms with van der Waals surface area (Å²) in [5.41, 5.74) is 5.85. The maximum absolute atomic E-state index is 13.7. The van der Waals surface area contributed by atoms with Gasteiger partial charge < -0.3 is 15.7 Å². The van der Waals surface area contributed by atoms with Crippen molar-refractivity contribution in [2.45, 2.75) is 43.9 Å². The fourth-order valence-electron chi connectivity index (χ4n) is 3.88. The summed E-state index contributed by atoms with van der Waals surface area (Å²) in [6, 6.07) is 6.02. The summed E-state index contributed by atoms with van der Waals surface area (Å²) < 4.78 is 13.7. The molecule has 25 heavy (non-hydrogen) atoms. The number of hydrogen-bond donors (Lipinski definition) is 2. The number of rotatable bonds is 4. The zero-order valence-electron chi connectivity index (χ0n) is 14.1. The number of β-amino-alcohol motifs (C(OH)–C–C–N with tert-alkyl or cyclic N) is 1. The fourth-order valence-corrected chi connectivity index (χ4v) is 3.88. The maximum Gasteiger partial charge on any atom is 0.234 e. The van der Waals surface area contributed by atoms with Crippen LogP contribution in [0.5, 0.6) is 0 Å². The van der Waals surface area contributed by atoms with Gasteiger partial charge in [0.1, 0.15) is 5.82 Å². The summed E-state index contributed by atoms with van der Waals surface area (Å²) in [5, 5.41) is 9.83. The largest absolute Gasteiger partial charge is 0.392 e. The van der Waals surface area contributed by atoms with Crippen molar-refractivity contribution < 1.29 is 19.1 Å². The highest BCUT2D eigenvalue weighted by Gasteiger charge is 2.40. The standard InChI is InChI=1S/C18H24FN3O3/c19-15-4-2-1-3-12(15)9-17(24)21-7-5-13(6-8-21)22-11-14(23)10-16(22)18(20)25/h1-4,13-14,16,23H,5-11H2,(H2,20,25)/t14-,16+/m1/s1. The Kier molecular flexibility index (Phi) is 5.34. The Bertz CT molecular complexity index is 646. The zero-order valence-corrected chi connectivity index (χ0v) is 14.1. The van der Waals surface area contributed by atoms with E-state index in [-0.39, 0.29) is 24.2 Å². The molecule has 3 N–H and O–H groups in total. The first kappa shape index (κ1) is 17.8. The van der Waals surface area contributed by atoms with E-state index < -0.39 is 18.1 Å². The van der Waals surface area contributed by atoms with Gasteiger partial charge in [-0.05, 0) is 30.9 Å². The number of halogens is 1. The molecule has 0 aliphatic carbocycles. The van der Waals surface area contributed by atoms with E-state index in [2.05, 4.69) is 0 Å². The van der Waals surface area contributed by atoms with Gasteiger partial charge >= 0.3 is 0 Å². The van der Waals surface area contributed by atoms with Gasteiger partial charge in [-0.15, -0.1) is 0 Å². The molecule has 6 nitrogen and oxygen atoms in total. The topological polar surface area (TPSA) is 86.9 Å². The van der Waals surface area contributed by atoms with Crippen LogP contribution < -0.4 is 5.73 Å². The highest BCUT2D eigenvalue weighted by atomic mass is 19.1. The zero-order chi connectivity index (χ0) is 18.0. The van der Waals surface area contributed by atoms with E-state index in [1.807, 2.05) is 4.90 Å². The van der Waals surface area contributed by atoms with Crippen molar-refractivity contribution in [3.8, 4) is 0 Å². The van der Waals surface area contributed by atoms with Crippen molar-refractivity contribution in [1.82, 2.24) is 9.80 Å². The normalized spacial score (nSPS) is 25.3. The highest BCUT2D eigenvalue weighted by molar-refractivity contribution is 5.80. The van der Waals surface area contributed by atoms with Gasteiger partial charge in [-0.1, -0.05) is 18.2 Å². The second-order valence-corrected chi connectivity index (χ2v) is 6.88. The maximum atomic E-state index is 13.7. The van der Waals surface area contributed by atoms with E-state index in [1.165, 1.54) is 6.07 Å². The van der Waals surface area contributed by atoms with Crippen molar-refractivity contribution in [2.24, 2.45) is 5.73 Å². The third-order valence-corrected chi connectivity index (χ3v) is 5.23. The van der Waals surface area contributed by atoms with Gasteiger partial charge in [0.2, 0.25) is 11.8 Å². The van der Waals surface area contributed by atoms with Gasteiger partial charge in [0, 0.05) is 25.7 Å². The minimum Gasteiger partial charge on any atom is -0.392 e. The number of primary amides is 1. The van der Waals surface area contributed by atoms with Crippen LogP contribution in [0, 0.1) is 5.82 Å². The molecule has 0 spiro atoms. The molecule has 1 aromatic rings. The number of nitrogens with two attached hydrogens (primary N) is 1. The molecule has 2 saturated heterocycles. The molecule has 2 heterocycles. The average molecular weight is 349 g/mol. The Morgan fingerprint density at radius 1 is 1.24 bits per heavy atom. The Morgan fingerprint density at radius 2 is 1.92 bits per heavy atom. The predicted octanol–water partition coefficient (Wildman–Crippen LogP) is 0.280. The molecule has 0 unspecified atom stereocenters. The first-order chi connectivity index (χ1) is 12.0. The second kappa shape index (κ2) is 7.49. The molecule has 0 radical (unpaired) electrons. The lowest BCUT2D eigenvalue weighted by Gasteiger charge is -2.38. The number of aliphatic hydroxyl groups excluding tert-OH is 1. The highest BCUT2D eigenvalue weighted by Crippen LogP contribution is 2.26. The molecule has 0 bridgehead atoms. The molecule has 2 atom stereocenters. The van der Waals surface area contributed by atoms with Crippen LogP contribution in [-0.2, 0) is 16.0 Å². The smallest absolute Gasteiger partial charge is 0.234 e. The van der Waals surface area contributed by atoms with Gasteiger partial charge in [-0.3, -0.25) is 14.5 Å². The minimum absolute atomic E-state index is 0.0592. The fraction of sp³-hybridized carbons (Fsp3) is 0.556. The summed E-state index contributed by atoms with van der Waals surface area (Å²) in [7, 11) is 0. The Morgan fingerprint density at radius 3 is 2.56 bits per heavy atom. The lowest BCUT2D eigenvalue weighted by molar-refractivity contribution is -0.133. The van der Waals surface area contributed by atoms with Gasteiger partial charge in [-0.25, -0.2) is 4.39 Å². The number of amides is 2. The predicted molar refractivity (Wildman–Crippen MR) is 90.0 cm³/mol. The Balaban J connectivity index is 1.56. The van der Waals surface area contributed by atoms with Crippen LogP contribution in [0.1, 0.15) is 24.8 Å². The van der Waals surface area contributed by atoms with E-state index in [4.69, 9.17) is 5.73 Å². The van der Waals surface area contributed by atoms with Crippen LogP contribution in [0.2, 0.25) is 0 Å². The molecule has 2 aliphatic heterocycles. The molecule has 2 aliphatic rings. The van der Waals surface area contributed by atoms with Crippen molar-refractivity contribution in [3.63, 3.8) is 0 Å². The molecular weight excluding hydrogens is 325 g/mol. The third-order valence-electron chi connectivity index (χ3n) is 5.23. The molecule has 1 aromatic carbocycles. The summed E-state index contributed by atoms with van der Waals surface area (Å²) in [5.74, 6) is -0.854. The van der Waals surface area contributed by atoms with Crippen LogP contribution in [0.3, 0.4) is 0 Å². The number of likely N-dealkylation sites (tertiary alicyclic amines) is 2. The third kappa shape index (κ3) is 3.99. The van der Waals surface area contributed by atoms with Crippen molar-refractivity contribution >= 4 is 11.8 Å². The van der Waals surface area contributed by atoms with Crippen LogP contribution >= 0.6 is 0 Å². The van der Waals surface area contributed by atoms with Crippen LogP contribution in [0.4, 0.5) is 4.39 Å². The SMILES string of the molecule is NC(=O)[C@@H]1C[C@@H](O)CN1C1CCN(C(=O)Cc2ccccc2F)CC1. The second-order valence-electron chi connectivity index (χ2n) is 6.88. The van der Waals surface area contributed by atoms with E-state index in [9.17, 15) is 19.1 Å². The Labute approximate surface area is 146 Å². The summed E-state index contributed by atoms with van der Waals surface area (Å²) in [4.78, 5) is 27.7. The monoisotopic (exact) mass is 349 g/mol. The van der Waals surface area contributed by atoms with E-state index in [0.29, 0.717) is 31.6 Å². The first-order valence-electron chi connectivity index (χ1n) is 8.70. The number of piperidine rings is 1. The number of aliphatic hydroxyl groups is 1. The molecule has 2 amide bonds. The van der Waals surface area contributed by atoms with Crippen LogP contribution in [0.25, 0.3) is 0 Å². The van der Waals surface area contributed by atoms with E-state index in [0.717, 1.165) is 12.8 Å². The summed E-state index contributed by atoms with van der Waals surface area (Å²) >= 11 is 0. The molecule has 136 valence electrons. The van der Waals surface area contributed by atoms with Gasteiger partial charge in [0.25, 0.3) is 0 Å². The molecule has 0 saturated carbocycles. The van der Waals surface area contributed by atoms with Crippen molar-refractivity contribution in [3.05, 3.63) is 35.6 Å². The Hall–Kier alpha value is -1.99. The summed E-state index contributed by atoms with van der Waals surface area (Å²) in [6.07, 6.45) is 1.35. The van der Waals surface area contributed by atoms with E-state index >= 15 is 0 Å². The van der Waals surface area contributed by atoms with Gasteiger partial charge in [-0.2, -0.15) is 0 Å². The van der Waals surface area contributed by atoms with Crippen molar-refractivity contribution in [2.75, 3.05) is 19.6 Å². The molecule has 2 fully saturated rings. The lowest BCUT2D eigenvalue weighted by atomic mass is 10.0. The molecule has 7 heteroatoms. The number of benzene rings is 1. The van der Waals surface area contributed by atoms with Gasteiger partial charge in [0.15, 0.2) is 0 Å². The number of hydrogen-bond acceptors (Lipinski definition) is 4. The molecule has 3 rings (SSSR count). The molecular formula is C18H24FN3O3. The average Bonchev–Trinajstić information content (AvgIpc) is 2.99. The van der Waals surface area contributed by atoms with Crippen molar-refractivity contribution in [1.29, 1.82) is 0 Å². The first-order valence-corrected chi connectivity index (χ1v) is 8.70. The van der Waals surface area contributed by atoms with Crippen LogP contribution in [-0.4, -0.2) is 64.5 Å².